The number of rotatable bonds is 8. The van der Waals surface area contributed by atoms with Crippen LogP contribution in [0.25, 0.3) is 0 Å². The summed E-state index contributed by atoms with van der Waals surface area (Å²) in [6.07, 6.45) is 15.6. The molecule has 3 heterocycles. The van der Waals surface area contributed by atoms with Crippen molar-refractivity contribution in [2.24, 2.45) is 17.8 Å². The van der Waals surface area contributed by atoms with Crippen molar-refractivity contribution in [3.63, 3.8) is 0 Å². The van der Waals surface area contributed by atoms with Gasteiger partial charge in [-0.15, -0.1) is 0 Å². The largest absolute Gasteiger partial charge is 0.352 e. The van der Waals surface area contributed by atoms with E-state index in [2.05, 4.69) is 50.4 Å². The van der Waals surface area contributed by atoms with Crippen LogP contribution in [-0.2, 0) is 13.1 Å². The fraction of sp³-hybridized carbons (Fsp3) is 0.613. The van der Waals surface area contributed by atoms with E-state index < -0.39 is 0 Å². The van der Waals surface area contributed by atoms with Crippen molar-refractivity contribution in [2.75, 3.05) is 32.7 Å². The normalized spacial score (nSPS) is 21.4. The van der Waals surface area contributed by atoms with Crippen molar-refractivity contribution in [1.29, 1.82) is 0 Å². The van der Waals surface area contributed by atoms with Crippen LogP contribution in [-0.4, -0.2) is 53.4 Å². The zero-order chi connectivity index (χ0) is 24.6. The van der Waals surface area contributed by atoms with Crippen molar-refractivity contribution in [3.8, 4) is 0 Å². The number of piperidine rings is 2. The number of aromatic nitrogens is 1. The summed E-state index contributed by atoms with van der Waals surface area (Å²) in [5, 5.41) is 3.20. The van der Waals surface area contributed by atoms with E-state index in [0.29, 0.717) is 5.92 Å². The quantitative estimate of drug-likeness (QED) is 0.532. The molecular weight excluding hydrogens is 444 g/mol. The van der Waals surface area contributed by atoms with Gasteiger partial charge in [-0.25, -0.2) is 0 Å². The second-order valence-electron chi connectivity index (χ2n) is 11.5. The molecule has 0 spiro atoms. The maximum atomic E-state index is 12.7. The lowest BCUT2D eigenvalue weighted by molar-refractivity contribution is 0.0908. The van der Waals surface area contributed by atoms with E-state index in [4.69, 9.17) is 0 Å². The van der Waals surface area contributed by atoms with Crippen molar-refractivity contribution >= 4 is 5.91 Å². The van der Waals surface area contributed by atoms with Gasteiger partial charge >= 0.3 is 0 Å². The number of likely N-dealkylation sites (tertiary alicyclic amines) is 2. The molecular formula is C31H44N4O. The Bertz CT molecular complexity index is 942. The van der Waals surface area contributed by atoms with Crippen LogP contribution in [0.4, 0.5) is 0 Å². The molecule has 5 heteroatoms. The number of nitrogens with one attached hydrogen (secondary N) is 1. The predicted octanol–water partition coefficient (Wildman–Crippen LogP) is 5.52. The third-order valence-electron chi connectivity index (χ3n) is 8.96. The van der Waals surface area contributed by atoms with Crippen LogP contribution in [0.15, 0.2) is 48.8 Å². The van der Waals surface area contributed by atoms with E-state index >= 15 is 0 Å². The zero-order valence-electron chi connectivity index (χ0n) is 21.9. The number of hydrogen-bond acceptors (Lipinski definition) is 4. The highest BCUT2D eigenvalue weighted by Gasteiger charge is 2.29. The molecule has 36 heavy (non-hydrogen) atoms. The van der Waals surface area contributed by atoms with Gasteiger partial charge in [-0.2, -0.15) is 0 Å². The molecule has 2 saturated heterocycles. The minimum absolute atomic E-state index is 0.0939. The average Bonchev–Trinajstić information content (AvgIpc) is 2.94. The fourth-order valence-electron chi connectivity index (χ4n) is 6.71. The van der Waals surface area contributed by atoms with Crippen molar-refractivity contribution < 1.29 is 4.79 Å². The van der Waals surface area contributed by atoms with Gasteiger partial charge in [-0.05, 0) is 118 Å². The Morgan fingerprint density at radius 3 is 2.03 bits per heavy atom. The van der Waals surface area contributed by atoms with Crippen LogP contribution < -0.4 is 5.32 Å². The molecule has 3 fully saturated rings. The summed E-state index contributed by atoms with van der Waals surface area (Å²) in [5.41, 5.74) is 3.46. The van der Waals surface area contributed by atoms with Gasteiger partial charge in [-0.3, -0.25) is 19.6 Å². The van der Waals surface area contributed by atoms with Gasteiger partial charge in [0.1, 0.15) is 0 Å². The average molecular weight is 489 g/mol. The third kappa shape index (κ3) is 7.17. The van der Waals surface area contributed by atoms with Gasteiger partial charge in [-0.1, -0.05) is 31.4 Å². The Balaban J connectivity index is 1.03. The van der Waals surface area contributed by atoms with Crippen LogP contribution in [0, 0.1) is 17.8 Å². The molecule has 5 nitrogen and oxygen atoms in total. The zero-order valence-corrected chi connectivity index (χ0v) is 21.9. The number of nitrogens with zero attached hydrogens (tertiary/aromatic N) is 3. The smallest absolute Gasteiger partial charge is 0.251 e. The molecule has 0 atom stereocenters. The van der Waals surface area contributed by atoms with Crippen molar-refractivity contribution in [1.82, 2.24) is 20.1 Å². The molecule has 0 unspecified atom stereocenters. The van der Waals surface area contributed by atoms with E-state index in [9.17, 15) is 4.79 Å². The summed E-state index contributed by atoms with van der Waals surface area (Å²) in [5.74, 6) is 2.52. The summed E-state index contributed by atoms with van der Waals surface area (Å²) in [4.78, 5) is 22.1. The molecule has 1 amide bonds. The van der Waals surface area contributed by atoms with E-state index in [1.807, 2.05) is 18.5 Å². The SMILES string of the molecule is O=C(NCC1CCCCC1)c1cccc(CN2CCC(C3CCN(Cc4ccncc4)CC3)CC2)c1. The lowest BCUT2D eigenvalue weighted by Crippen LogP contribution is -2.40. The van der Waals surface area contributed by atoms with Gasteiger partial charge in [0.05, 0.1) is 0 Å². The molecule has 1 aromatic carbocycles. The van der Waals surface area contributed by atoms with Crippen LogP contribution in [0.3, 0.4) is 0 Å². The summed E-state index contributed by atoms with van der Waals surface area (Å²) >= 11 is 0. The third-order valence-corrected chi connectivity index (χ3v) is 8.96. The standard InChI is InChI=1S/C31H44N4O/c36-31(33-22-25-5-2-1-3-6-25)30-8-4-7-27(21-30)24-35-19-13-29(14-20-35)28-11-17-34(18-12-28)23-26-9-15-32-16-10-26/h4,7-10,15-16,21,25,28-29H,1-3,5-6,11-14,17-20,22-24H2,(H,33,36). The Kier molecular flexibility index (Phi) is 9.05. The molecule has 2 aliphatic heterocycles. The first-order valence-corrected chi connectivity index (χ1v) is 14.4. The summed E-state index contributed by atoms with van der Waals surface area (Å²) in [6, 6.07) is 12.6. The van der Waals surface area contributed by atoms with Gasteiger partial charge in [0.2, 0.25) is 0 Å². The molecule has 1 N–H and O–H groups in total. The molecule has 1 saturated carbocycles. The first kappa shape index (κ1) is 25.4. The van der Waals surface area contributed by atoms with Crippen molar-refractivity contribution in [3.05, 3.63) is 65.5 Å². The fourth-order valence-corrected chi connectivity index (χ4v) is 6.71. The number of carbonyl (C=O) groups excluding carboxylic acids is 1. The minimum Gasteiger partial charge on any atom is -0.352 e. The number of benzene rings is 1. The first-order valence-electron chi connectivity index (χ1n) is 14.4. The highest BCUT2D eigenvalue weighted by Crippen LogP contribution is 2.33. The number of hydrogen-bond donors (Lipinski definition) is 1. The molecule has 5 rings (SSSR count). The summed E-state index contributed by atoms with van der Waals surface area (Å²) in [6.45, 7) is 7.66. The first-order chi connectivity index (χ1) is 17.7. The maximum absolute atomic E-state index is 12.7. The van der Waals surface area contributed by atoms with E-state index in [-0.39, 0.29) is 5.91 Å². The highest BCUT2D eigenvalue weighted by molar-refractivity contribution is 5.94. The van der Waals surface area contributed by atoms with E-state index in [0.717, 1.165) is 37.0 Å². The molecule has 194 valence electrons. The van der Waals surface area contributed by atoms with Crippen molar-refractivity contribution in [2.45, 2.75) is 70.9 Å². The Morgan fingerprint density at radius 2 is 1.39 bits per heavy atom. The van der Waals surface area contributed by atoms with Crippen LogP contribution in [0.1, 0.15) is 79.3 Å². The van der Waals surface area contributed by atoms with Gasteiger partial charge in [0.15, 0.2) is 0 Å². The molecule has 2 aromatic rings. The van der Waals surface area contributed by atoms with Gasteiger partial charge in [0, 0.05) is 37.6 Å². The Hall–Kier alpha value is -2.24. The van der Waals surface area contributed by atoms with Crippen LogP contribution >= 0.6 is 0 Å². The Labute approximate surface area is 217 Å². The number of amides is 1. The molecule has 0 radical (unpaired) electrons. The minimum atomic E-state index is 0.0939. The monoisotopic (exact) mass is 488 g/mol. The lowest BCUT2D eigenvalue weighted by Gasteiger charge is -2.40. The second-order valence-corrected chi connectivity index (χ2v) is 11.5. The van der Waals surface area contributed by atoms with Crippen LogP contribution in [0.5, 0.6) is 0 Å². The topological polar surface area (TPSA) is 48.5 Å². The van der Waals surface area contributed by atoms with E-state index in [1.54, 1.807) is 0 Å². The highest BCUT2D eigenvalue weighted by atomic mass is 16.1. The molecule has 3 aliphatic rings. The second kappa shape index (κ2) is 12.8. The molecule has 1 aliphatic carbocycles. The molecule has 1 aromatic heterocycles. The lowest BCUT2D eigenvalue weighted by atomic mass is 9.78. The van der Waals surface area contributed by atoms with Gasteiger partial charge < -0.3 is 5.32 Å². The molecule has 0 bridgehead atoms. The van der Waals surface area contributed by atoms with Gasteiger partial charge in [0.25, 0.3) is 5.91 Å². The van der Waals surface area contributed by atoms with E-state index in [1.165, 1.54) is 95.1 Å². The number of pyridine rings is 1. The van der Waals surface area contributed by atoms with Crippen LogP contribution in [0.2, 0.25) is 0 Å². The summed E-state index contributed by atoms with van der Waals surface area (Å²) < 4.78 is 0. The predicted molar refractivity (Wildman–Crippen MR) is 146 cm³/mol. The summed E-state index contributed by atoms with van der Waals surface area (Å²) in [7, 11) is 0. The Morgan fingerprint density at radius 1 is 0.778 bits per heavy atom. The maximum Gasteiger partial charge on any atom is 0.251 e. The number of carbonyl (C=O) groups is 1.